The summed E-state index contributed by atoms with van der Waals surface area (Å²) in [6.45, 7) is 1.71. The molecule has 0 spiro atoms. The van der Waals surface area contributed by atoms with Crippen LogP contribution in [0.25, 0.3) is 0 Å². The molecular formula is C14H14ClNO4S. The minimum Gasteiger partial charge on any atom is -0.467 e. The van der Waals surface area contributed by atoms with Crippen LogP contribution in [-0.2, 0) is 14.6 Å². The van der Waals surface area contributed by atoms with Gasteiger partial charge in [0, 0.05) is 5.02 Å². The summed E-state index contributed by atoms with van der Waals surface area (Å²) < 4.78 is 29.3. The third-order valence-electron chi connectivity index (χ3n) is 2.84. The van der Waals surface area contributed by atoms with Gasteiger partial charge in [0.1, 0.15) is 11.5 Å². The SMILES string of the molecule is CC(NC(=O)CS(=O)(=O)c1ccc(Cl)cc1)c1ccco1. The lowest BCUT2D eigenvalue weighted by atomic mass is 10.2. The molecule has 0 fully saturated rings. The van der Waals surface area contributed by atoms with Crippen molar-refractivity contribution in [2.45, 2.75) is 17.9 Å². The van der Waals surface area contributed by atoms with Crippen LogP contribution < -0.4 is 5.32 Å². The van der Waals surface area contributed by atoms with E-state index in [-0.39, 0.29) is 4.90 Å². The first-order valence-electron chi connectivity index (χ1n) is 6.19. The third kappa shape index (κ3) is 4.09. The van der Waals surface area contributed by atoms with Crippen LogP contribution in [0.1, 0.15) is 18.7 Å². The van der Waals surface area contributed by atoms with Gasteiger partial charge in [-0.15, -0.1) is 0 Å². The summed E-state index contributed by atoms with van der Waals surface area (Å²) in [5, 5.41) is 3.02. The lowest BCUT2D eigenvalue weighted by Gasteiger charge is -2.11. The minimum absolute atomic E-state index is 0.0627. The first-order chi connectivity index (χ1) is 9.88. The van der Waals surface area contributed by atoms with Crippen LogP contribution in [0.5, 0.6) is 0 Å². The first-order valence-corrected chi connectivity index (χ1v) is 8.22. The van der Waals surface area contributed by atoms with E-state index in [1.807, 2.05) is 0 Å². The van der Waals surface area contributed by atoms with E-state index in [2.05, 4.69) is 5.32 Å². The Morgan fingerprint density at radius 1 is 1.29 bits per heavy atom. The Morgan fingerprint density at radius 2 is 1.95 bits per heavy atom. The van der Waals surface area contributed by atoms with Gasteiger partial charge in [-0.2, -0.15) is 0 Å². The van der Waals surface area contributed by atoms with Gasteiger partial charge < -0.3 is 9.73 Å². The molecule has 0 saturated heterocycles. The van der Waals surface area contributed by atoms with E-state index in [1.165, 1.54) is 30.5 Å². The molecule has 0 saturated carbocycles. The Kier molecular flexibility index (Phi) is 4.69. The summed E-state index contributed by atoms with van der Waals surface area (Å²) in [7, 11) is -3.69. The van der Waals surface area contributed by atoms with Crippen LogP contribution >= 0.6 is 11.6 Å². The molecule has 7 heteroatoms. The van der Waals surface area contributed by atoms with Crippen molar-refractivity contribution in [3.8, 4) is 0 Å². The lowest BCUT2D eigenvalue weighted by molar-refractivity contribution is -0.119. The summed E-state index contributed by atoms with van der Waals surface area (Å²) in [6.07, 6.45) is 1.49. The fourth-order valence-corrected chi connectivity index (χ4v) is 3.06. The maximum absolute atomic E-state index is 12.1. The van der Waals surface area contributed by atoms with Gasteiger partial charge in [-0.05, 0) is 43.3 Å². The largest absolute Gasteiger partial charge is 0.467 e. The highest BCUT2D eigenvalue weighted by molar-refractivity contribution is 7.92. The highest BCUT2D eigenvalue weighted by atomic mass is 35.5. The molecule has 0 aliphatic heterocycles. The first kappa shape index (κ1) is 15.6. The van der Waals surface area contributed by atoms with Crippen molar-refractivity contribution in [3.05, 3.63) is 53.4 Å². The van der Waals surface area contributed by atoms with E-state index in [1.54, 1.807) is 19.1 Å². The van der Waals surface area contributed by atoms with E-state index in [0.29, 0.717) is 10.8 Å². The lowest BCUT2D eigenvalue weighted by Crippen LogP contribution is -2.32. The van der Waals surface area contributed by atoms with Gasteiger partial charge in [0.15, 0.2) is 9.84 Å². The van der Waals surface area contributed by atoms with Gasteiger partial charge in [0.05, 0.1) is 17.2 Å². The van der Waals surface area contributed by atoms with Crippen molar-refractivity contribution >= 4 is 27.3 Å². The Morgan fingerprint density at radius 3 is 2.52 bits per heavy atom. The van der Waals surface area contributed by atoms with Gasteiger partial charge >= 0.3 is 0 Å². The van der Waals surface area contributed by atoms with E-state index < -0.39 is 27.5 Å². The molecule has 0 bridgehead atoms. The van der Waals surface area contributed by atoms with E-state index in [9.17, 15) is 13.2 Å². The van der Waals surface area contributed by atoms with Crippen LogP contribution in [-0.4, -0.2) is 20.1 Å². The van der Waals surface area contributed by atoms with Crippen LogP contribution in [0.15, 0.2) is 52.0 Å². The second-order valence-corrected chi connectivity index (χ2v) is 6.94. The maximum atomic E-state index is 12.1. The zero-order valence-electron chi connectivity index (χ0n) is 11.2. The second-order valence-electron chi connectivity index (χ2n) is 4.52. The molecule has 1 unspecified atom stereocenters. The van der Waals surface area contributed by atoms with Crippen molar-refractivity contribution in [2.24, 2.45) is 0 Å². The summed E-state index contributed by atoms with van der Waals surface area (Å²) >= 11 is 5.71. The molecule has 1 N–H and O–H groups in total. The van der Waals surface area contributed by atoms with Gasteiger partial charge in [-0.3, -0.25) is 4.79 Å². The van der Waals surface area contributed by atoms with E-state index in [0.717, 1.165) is 0 Å². The number of halogens is 1. The number of carbonyl (C=O) groups is 1. The number of sulfone groups is 1. The van der Waals surface area contributed by atoms with Gasteiger partial charge in [-0.25, -0.2) is 8.42 Å². The smallest absolute Gasteiger partial charge is 0.236 e. The summed E-state index contributed by atoms with van der Waals surface area (Å²) in [5.41, 5.74) is 0. The number of amides is 1. The number of carbonyl (C=O) groups excluding carboxylic acids is 1. The zero-order chi connectivity index (χ0) is 15.5. The molecule has 1 heterocycles. The van der Waals surface area contributed by atoms with E-state index in [4.69, 9.17) is 16.0 Å². The highest BCUT2D eigenvalue weighted by Crippen LogP contribution is 2.16. The Bertz CT molecular complexity index is 708. The number of benzene rings is 1. The molecule has 0 aliphatic rings. The Balaban J connectivity index is 2.03. The fraction of sp³-hybridized carbons (Fsp3) is 0.214. The molecule has 5 nitrogen and oxygen atoms in total. The molecule has 0 aliphatic carbocycles. The number of hydrogen-bond donors (Lipinski definition) is 1. The predicted octanol–water partition coefficient (Wildman–Crippen LogP) is 2.58. The fourth-order valence-electron chi connectivity index (χ4n) is 1.79. The van der Waals surface area contributed by atoms with Gasteiger partial charge in [0.25, 0.3) is 0 Å². The normalized spacial score (nSPS) is 12.9. The highest BCUT2D eigenvalue weighted by Gasteiger charge is 2.21. The average Bonchev–Trinajstić information content (AvgIpc) is 2.92. The molecule has 2 rings (SSSR count). The number of nitrogens with one attached hydrogen (secondary N) is 1. The number of hydrogen-bond acceptors (Lipinski definition) is 4. The molecule has 1 aromatic carbocycles. The van der Waals surface area contributed by atoms with Gasteiger partial charge in [-0.1, -0.05) is 11.6 Å². The van der Waals surface area contributed by atoms with Crippen molar-refractivity contribution in [2.75, 3.05) is 5.75 Å². The molecule has 112 valence electrons. The molecular weight excluding hydrogens is 314 g/mol. The minimum atomic E-state index is -3.69. The van der Waals surface area contributed by atoms with Crippen LogP contribution in [0.4, 0.5) is 0 Å². The standard InChI is InChI=1S/C14H14ClNO4S/c1-10(13-3-2-8-20-13)16-14(17)9-21(18,19)12-6-4-11(15)5-7-12/h2-8,10H,9H2,1H3,(H,16,17). The van der Waals surface area contributed by atoms with Crippen molar-refractivity contribution < 1.29 is 17.6 Å². The number of rotatable bonds is 5. The van der Waals surface area contributed by atoms with Crippen molar-refractivity contribution in [1.29, 1.82) is 0 Å². The topological polar surface area (TPSA) is 76.4 Å². The second kappa shape index (κ2) is 6.32. The zero-order valence-corrected chi connectivity index (χ0v) is 12.8. The molecule has 2 aromatic rings. The van der Waals surface area contributed by atoms with Crippen molar-refractivity contribution in [1.82, 2.24) is 5.32 Å². The van der Waals surface area contributed by atoms with Crippen LogP contribution in [0, 0.1) is 0 Å². The molecule has 1 amide bonds. The Labute approximate surface area is 127 Å². The van der Waals surface area contributed by atoms with Crippen LogP contribution in [0.2, 0.25) is 5.02 Å². The van der Waals surface area contributed by atoms with Crippen LogP contribution in [0.3, 0.4) is 0 Å². The van der Waals surface area contributed by atoms with Gasteiger partial charge in [0.2, 0.25) is 5.91 Å². The third-order valence-corrected chi connectivity index (χ3v) is 4.73. The number of furan rings is 1. The summed E-state index contributed by atoms with van der Waals surface area (Å²) in [4.78, 5) is 11.9. The molecule has 1 aromatic heterocycles. The van der Waals surface area contributed by atoms with E-state index >= 15 is 0 Å². The maximum Gasteiger partial charge on any atom is 0.236 e. The summed E-state index contributed by atoms with van der Waals surface area (Å²) in [5.74, 6) is -0.652. The Hall–Kier alpha value is -1.79. The van der Waals surface area contributed by atoms with Crippen molar-refractivity contribution in [3.63, 3.8) is 0 Å². The summed E-state index contributed by atoms with van der Waals surface area (Å²) in [6, 6.07) is 8.70. The predicted molar refractivity (Wildman–Crippen MR) is 78.8 cm³/mol. The molecule has 0 radical (unpaired) electrons. The average molecular weight is 328 g/mol. The monoisotopic (exact) mass is 327 g/mol. The molecule has 1 atom stereocenters. The quantitative estimate of drug-likeness (QED) is 0.915. The molecule has 21 heavy (non-hydrogen) atoms.